The fourth-order valence-corrected chi connectivity index (χ4v) is 6.45. The second-order valence-electron chi connectivity index (χ2n) is 11.4. The number of fused-ring (bicyclic) bond motifs is 10. The summed E-state index contributed by atoms with van der Waals surface area (Å²) in [5.41, 5.74) is 6.48. The Kier molecular flexibility index (Phi) is 7.83. The zero-order valence-electron chi connectivity index (χ0n) is 25.7. The van der Waals surface area contributed by atoms with Gasteiger partial charge in [-0.25, -0.2) is 0 Å². The smallest absolute Gasteiger partial charge is 0.0575 e. The Morgan fingerprint density at radius 1 is 0.356 bits per heavy atom. The molecule has 1 nitrogen and oxygen atoms in total. The van der Waals surface area contributed by atoms with Crippen molar-refractivity contribution < 1.29 is 0 Å². The molecule has 0 aliphatic rings. The zero-order chi connectivity index (χ0) is 30.6. The molecule has 0 unspecified atom stereocenters. The van der Waals surface area contributed by atoms with Gasteiger partial charge in [0.1, 0.15) is 0 Å². The van der Waals surface area contributed by atoms with E-state index in [0.717, 1.165) is 0 Å². The van der Waals surface area contributed by atoms with E-state index in [9.17, 15) is 0 Å². The van der Waals surface area contributed by atoms with Crippen molar-refractivity contribution in [2.24, 2.45) is 7.05 Å². The minimum absolute atomic E-state index is 1.28. The monoisotopic (exact) mass is 577 g/mol. The molecule has 216 valence electrons. The van der Waals surface area contributed by atoms with Crippen LogP contribution in [-0.4, -0.2) is 4.57 Å². The molecule has 1 heteroatoms. The van der Waals surface area contributed by atoms with Crippen LogP contribution >= 0.6 is 0 Å². The third kappa shape index (κ3) is 5.46. The summed E-state index contributed by atoms with van der Waals surface area (Å²) in [6.45, 7) is 2.08. The average molecular weight is 578 g/mol. The topological polar surface area (TPSA) is 4.93 Å². The molecule has 0 amide bonds. The van der Waals surface area contributed by atoms with Gasteiger partial charge in [-0.15, -0.1) is 0 Å². The molecule has 0 spiro atoms. The standard InChI is InChI=1S/C25H17N.C12H10.C7H8/c1-26-22-13-7-6-12-21(22)24-23-17-9-3-2-8-16(17)14-15-19(23)18-10-4-5-11-20(18)25(24)26;1-3-7-11(8-4-1)12-9-5-2-6-10-12;1-7-5-3-2-4-6-7/h2-15H,1H3;1-10H;2-6H,1H3. The number of para-hydroxylation sites is 1. The van der Waals surface area contributed by atoms with E-state index in [2.05, 4.69) is 164 Å². The first-order valence-corrected chi connectivity index (χ1v) is 15.5. The zero-order valence-corrected chi connectivity index (χ0v) is 25.7. The third-order valence-electron chi connectivity index (χ3n) is 8.58. The molecule has 0 radical (unpaired) electrons. The number of nitrogens with zero attached hydrogens (tertiary/aromatic N) is 1. The molecule has 8 aromatic carbocycles. The molecule has 0 saturated heterocycles. The molecule has 0 atom stereocenters. The normalized spacial score (nSPS) is 10.9. The molecule has 0 bridgehead atoms. The Bertz CT molecular complexity index is 2330. The van der Waals surface area contributed by atoms with Crippen molar-refractivity contribution >= 4 is 54.1 Å². The van der Waals surface area contributed by atoms with Crippen molar-refractivity contribution in [1.29, 1.82) is 0 Å². The van der Waals surface area contributed by atoms with Crippen LogP contribution in [0.25, 0.3) is 65.3 Å². The molecule has 0 aliphatic carbocycles. The van der Waals surface area contributed by atoms with Gasteiger partial charge in [0.05, 0.1) is 5.52 Å². The van der Waals surface area contributed by atoms with Crippen molar-refractivity contribution in [2.45, 2.75) is 6.92 Å². The molecule has 9 aromatic rings. The first kappa shape index (κ1) is 28.1. The minimum atomic E-state index is 1.28. The van der Waals surface area contributed by atoms with Gasteiger partial charge in [-0.2, -0.15) is 0 Å². The van der Waals surface area contributed by atoms with E-state index >= 15 is 0 Å². The second kappa shape index (κ2) is 12.5. The lowest BCUT2D eigenvalue weighted by Crippen LogP contribution is -1.89. The van der Waals surface area contributed by atoms with Gasteiger partial charge in [0, 0.05) is 34.1 Å². The van der Waals surface area contributed by atoms with Gasteiger partial charge in [0.15, 0.2) is 0 Å². The van der Waals surface area contributed by atoms with Gasteiger partial charge < -0.3 is 4.57 Å². The molecule has 1 heterocycles. The fourth-order valence-electron chi connectivity index (χ4n) is 6.45. The fraction of sp³-hybridized carbons (Fsp3) is 0.0455. The Morgan fingerprint density at radius 3 is 1.44 bits per heavy atom. The lowest BCUT2D eigenvalue weighted by molar-refractivity contribution is 1.02. The van der Waals surface area contributed by atoms with Crippen LogP contribution in [0.4, 0.5) is 0 Å². The molecule has 0 N–H and O–H groups in total. The summed E-state index contributed by atoms with van der Waals surface area (Å²) >= 11 is 0. The molecule has 1 aromatic heterocycles. The molecule has 0 saturated carbocycles. The first-order valence-electron chi connectivity index (χ1n) is 15.5. The van der Waals surface area contributed by atoms with Gasteiger partial charge in [0.25, 0.3) is 0 Å². The summed E-state index contributed by atoms with van der Waals surface area (Å²) in [6, 6.07) is 61.9. The van der Waals surface area contributed by atoms with Gasteiger partial charge in [0.2, 0.25) is 0 Å². The summed E-state index contributed by atoms with van der Waals surface area (Å²) in [7, 11) is 2.19. The third-order valence-corrected chi connectivity index (χ3v) is 8.58. The van der Waals surface area contributed by atoms with Crippen LogP contribution in [0.1, 0.15) is 5.56 Å². The Labute approximate surface area is 264 Å². The average Bonchev–Trinajstić information content (AvgIpc) is 3.42. The van der Waals surface area contributed by atoms with E-state index in [1.807, 2.05) is 30.3 Å². The highest BCUT2D eigenvalue weighted by molar-refractivity contribution is 6.36. The Hall–Kier alpha value is -5.66. The van der Waals surface area contributed by atoms with Gasteiger partial charge in [-0.05, 0) is 45.7 Å². The summed E-state index contributed by atoms with van der Waals surface area (Å²) in [6.07, 6.45) is 0. The summed E-state index contributed by atoms with van der Waals surface area (Å²) in [5, 5.41) is 10.7. The van der Waals surface area contributed by atoms with Crippen molar-refractivity contribution in [3.05, 3.63) is 181 Å². The number of aryl methyl sites for hydroxylation is 2. The van der Waals surface area contributed by atoms with Gasteiger partial charge >= 0.3 is 0 Å². The quantitative estimate of drug-likeness (QED) is 0.171. The predicted molar refractivity (Wildman–Crippen MR) is 196 cm³/mol. The largest absolute Gasteiger partial charge is 0.343 e. The molecule has 0 aliphatic heterocycles. The molecule has 0 fully saturated rings. The lowest BCUT2D eigenvalue weighted by atomic mass is 9.93. The van der Waals surface area contributed by atoms with Crippen molar-refractivity contribution in [3.8, 4) is 11.1 Å². The van der Waals surface area contributed by atoms with Crippen LogP contribution in [0, 0.1) is 6.92 Å². The highest BCUT2D eigenvalue weighted by Crippen LogP contribution is 2.42. The van der Waals surface area contributed by atoms with Crippen molar-refractivity contribution in [3.63, 3.8) is 0 Å². The van der Waals surface area contributed by atoms with E-state index in [-0.39, 0.29) is 0 Å². The number of rotatable bonds is 1. The van der Waals surface area contributed by atoms with Gasteiger partial charge in [-0.3, -0.25) is 0 Å². The lowest BCUT2D eigenvalue weighted by Gasteiger charge is -2.11. The van der Waals surface area contributed by atoms with E-state index in [4.69, 9.17) is 0 Å². The van der Waals surface area contributed by atoms with Crippen LogP contribution in [-0.2, 0) is 7.05 Å². The summed E-state index contributed by atoms with van der Waals surface area (Å²) < 4.78 is 2.36. The second-order valence-corrected chi connectivity index (χ2v) is 11.4. The number of aromatic nitrogens is 1. The summed E-state index contributed by atoms with van der Waals surface area (Å²) in [4.78, 5) is 0. The maximum atomic E-state index is 2.36. The van der Waals surface area contributed by atoms with E-state index in [0.29, 0.717) is 0 Å². The Morgan fingerprint density at radius 2 is 0.844 bits per heavy atom. The maximum absolute atomic E-state index is 2.36. The van der Waals surface area contributed by atoms with Crippen LogP contribution in [0.15, 0.2) is 176 Å². The predicted octanol–water partition coefficient (Wildman–Crippen LogP) is 12.1. The molecule has 9 rings (SSSR count). The van der Waals surface area contributed by atoms with Gasteiger partial charge in [-0.1, -0.05) is 175 Å². The number of benzene rings is 8. The highest BCUT2D eigenvalue weighted by Gasteiger charge is 2.17. The minimum Gasteiger partial charge on any atom is -0.343 e. The molecular formula is C44H35N. The Balaban J connectivity index is 0.000000141. The van der Waals surface area contributed by atoms with E-state index in [1.165, 1.54) is 70.8 Å². The first-order chi connectivity index (χ1) is 22.2. The van der Waals surface area contributed by atoms with Crippen molar-refractivity contribution in [2.75, 3.05) is 0 Å². The van der Waals surface area contributed by atoms with Crippen LogP contribution in [0.2, 0.25) is 0 Å². The van der Waals surface area contributed by atoms with Crippen LogP contribution in [0.3, 0.4) is 0 Å². The highest BCUT2D eigenvalue weighted by atomic mass is 14.9. The number of hydrogen-bond acceptors (Lipinski definition) is 0. The SMILES string of the molecule is Cc1ccccc1.Cn1c2ccccc2c2c3c4ccccc4ccc3c3ccccc3c21.c1ccc(-c2ccccc2)cc1. The van der Waals surface area contributed by atoms with Crippen molar-refractivity contribution in [1.82, 2.24) is 4.57 Å². The maximum Gasteiger partial charge on any atom is 0.0575 e. The molecule has 45 heavy (non-hydrogen) atoms. The molecular weight excluding hydrogens is 542 g/mol. The summed E-state index contributed by atoms with van der Waals surface area (Å²) in [5.74, 6) is 0. The van der Waals surface area contributed by atoms with Crippen LogP contribution in [0.5, 0.6) is 0 Å². The number of hydrogen-bond donors (Lipinski definition) is 0. The van der Waals surface area contributed by atoms with E-state index in [1.54, 1.807) is 0 Å². The van der Waals surface area contributed by atoms with Crippen LogP contribution < -0.4 is 0 Å². The van der Waals surface area contributed by atoms with E-state index < -0.39 is 0 Å².